The van der Waals surface area contributed by atoms with E-state index >= 15 is 0 Å². The van der Waals surface area contributed by atoms with Gasteiger partial charge in [0.2, 0.25) is 11.8 Å². The molecule has 0 saturated carbocycles. The fraction of sp³-hybridized carbons (Fsp3) is 0.235. The van der Waals surface area contributed by atoms with Crippen LogP contribution in [0, 0.1) is 6.92 Å². The molecule has 0 bridgehead atoms. The van der Waals surface area contributed by atoms with Crippen LogP contribution >= 0.6 is 39.1 Å². The zero-order chi connectivity index (χ0) is 32.6. The Kier molecular flexibility index (Phi) is 12.1. The Morgan fingerprint density at radius 3 is 2.13 bits per heavy atom. The lowest BCUT2D eigenvalue weighted by atomic mass is 10.0. The molecule has 4 aromatic carbocycles. The highest BCUT2D eigenvalue weighted by Crippen LogP contribution is 2.30. The fourth-order valence-electron chi connectivity index (χ4n) is 4.80. The van der Waals surface area contributed by atoms with Crippen LogP contribution in [0.2, 0.25) is 10.0 Å². The summed E-state index contributed by atoms with van der Waals surface area (Å²) >= 11 is 16.1. The first kappa shape index (κ1) is 34.5. The van der Waals surface area contributed by atoms with E-state index < -0.39 is 28.5 Å². The molecule has 236 valence electrons. The number of benzene rings is 4. The molecular formula is C34H34BrCl2N3O4S. The summed E-state index contributed by atoms with van der Waals surface area (Å²) in [5.74, 6) is -0.905. The largest absolute Gasteiger partial charge is 0.354 e. The van der Waals surface area contributed by atoms with Crippen LogP contribution in [0.3, 0.4) is 0 Å². The molecule has 0 heterocycles. The molecule has 0 aliphatic carbocycles. The van der Waals surface area contributed by atoms with Gasteiger partial charge >= 0.3 is 0 Å². The van der Waals surface area contributed by atoms with E-state index in [4.69, 9.17) is 23.2 Å². The summed E-state index contributed by atoms with van der Waals surface area (Å²) in [7, 11) is -4.27. The van der Waals surface area contributed by atoms with Crippen LogP contribution < -0.4 is 9.62 Å². The van der Waals surface area contributed by atoms with Crippen molar-refractivity contribution in [2.45, 2.75) is 44.2 Å². The Morgan fingerprint density at radius 1 is 0.867 bits per heavy atom. The van der Waals surface area contributed by atoms with Crippen molar-refractivity contribution in [2.24, 2.45) is 0 Å². The molecule has 0 radical (unpaired) electrons. The second-order valence-electron chi connectivity index (χ2n) is 10.6. The van der Waals surface area contributed by atoms with Gasteiger partial charge < -0.3 is 10.2 Å². The summed E-state index contributed by atoms with van der Waals surface area (Å²) in [5.41, 5.74) is 2.62. The van der Waals surface area contributed by atoms with E-state index in [1.54, 1.807) is 12.1 Å². The van der Waals surface area contributed by atoms with Crippen LogP contribution in [-0.4, -0.2) is 44.3 Å². The van der Waals surface area contributed by atoms with Crippen molar-refractivity contribution >= 4 is 66.7 Å². The van der Waals surface area contributed by atoms with E-state index in [9.17, 15) is 18.0 Å². The van der Waals surface area contributed by atoms with Gasteiger partial charge in [0.15, 0.2) is 0 Å². The van der Waals surface area contributed by atoms with Crippen molar-refractivity contribution in [1.29, 1.82) is 0 Å². The van der Waals surface area contributed by atoms with E-state index in [1.807, 2.05) is 68.4 Å². The van der Waals surface area contributed by atoms with Gasteiger partial charge in [-0.3, -0.25) is 13.9 Å². The molecule has 1 N–H and O–H groups in total. The highest BCUT2D eigenvalue weighted by Gasteiger charge is 2.34. The minimum atomic E-state index is -4.27. The summed E-state index contributed by atoms with van der Waals surface area (Å²) in [6, 6.07) is 26.6. The van der Waals surface area contributed by atoms with Crippen LogP contribution in [0.5, 0.6) is 0 Å². The summed E-state index contributed by atoms with van der Waals surface area (Å²) in [4.78, 5) is 29.7. The summed E-state index contributed by atoms with van der Waals surface area (Å²) in [5, 5.41) is 3.36. The second kappa shape index (κ2) is 15.8. The molecule has 1 atom stereocenters. The number of amides is 2. The summed E-state index contributed by atoms with van der Waals surface area (Å²) in [6.45, 7) is 3.68. The van der Waals surface area contributed by atoms with Crippen LogP contribution in [0.4, 0.5) is 5.69 Å². The van der Waals surface area contributed by atoms with Gasteiger partial charge in [-0.15, -0.1) is 0 Å². The van der Waals surface area contributed by atoms with E-state index in [2.05, 4.69) is 21.2 Å². The molecule has 2 amide bonds. The number of sulfonamides is 1. The van der Waals surface area contributed by atoms with Gasteiger partial charge in [0.25, 0.3) is 10.0 Å². The van der Waals surface area contributed by atoms with Gasteiger partial charge in [0, 0.05) is 34.0 Å². The summed E-state index contributed by atoms with van der Waals surface area (Å²) in [6.07, 6.45) is 0.936. The molecule has 4 rings (SSSR count). The molecule has 45 heavy (non-hydrogen) atoms. The molecule has 0 aliphatic rings. The van der Waals surface area contributed by atoms with Gasteiger partial charge in [-0.1, -0.05) is 106 Å². The number of anilines is 1. The fourth-order valence-corrected chi connectivity index (χ4v) is 7.16. The monoisotopic (exact) mass is 729 g/mol. The average molecular weight is 732 g/mol. The lowest BCUT2D eigenvalue weighted by molar-refractivity contribution is -0.140. The van der Waals surface area contributed by atoms with Crippen LogP contribution in [-0.2, 0) is 32.6 Å². The predicted molar refractivity (Wildman–Crippen MR) is 184 cm³/mol. The molecule has 0 spiro atoms. The van der Waals surface area contributed by atoms with E-state index in [-0.39, 0.29) is 39.5 Å². The molecule has 0 aromatic heterocycles. The Morgan fingerprint density at radius 2 is 1.51 bits per heavy atom. The van der Waals surface area contributed by atoms with Crippen LogP contribution in [0.15, 0.2) is 106 Å². The third kappa shape index (κ3) is 9.33. The summed E-state index contributed by atoms with van der Waals surface area (Å²) < 4.78 is 30.1. The van der Waals surface area contributed by atoms with E-state index in [1.165, 1.54) is 35.2 Å². The second-order valence-corrected chi connectivity index (χ2v) is 14.3. The standard InChI is InChI=1S/C34H34BrCl2N3O4S/c1-3-16-38-34(42)32(18-25-8-5-4-6-9-25)39(22-26-10-7-11-27(35)17-26)33(41)23-40(30-20-28(36)19-29(37)21-30)45(43,44)31-14-12-24(2)13-15-31/h4-15,17,19-21,32H,3,16,18,22-23H2,1-2H3,(H,38,42). The SMILES string of the molecule is CCCNC(=O)C(Cc1ccccc1)N(Cc1cccc(Br)c1)C(=O)CN(c1cc(Cl)cc(Cl)c1)S(=O)(=O)c1ccc(C)cc1. The average Bonchev–Trinajstić information content (AvgIpc) is 3.00. The first-order valence-electron chi connectivity index (χ1n) is 14.4. The lowest BCUT2D eigenvalue weighted by Crippen LogP contribution is -2.53. The topological polar surface area (TPSA) is 86.8 Å². The zero-order valence-electron chi connectivity index (χ0n) is 24.9. The first-order chi connectivity index (χ1) is 21.5. The van der Waals surface area contributed by atoms with Gasteiger partial charge in [0.05, 0.1) is 10.6 Å². The number of hydrogen-bond donors (Lipinski definition) is 1. The number of hydrogen-bond acceptors (Lipinski definition) is 4. The Hall–Kier alpha value is -3.37. The maximum Gasteiger partial charge on any atom is 0.264 e. The molecule has 1 unspecified atom stereocenters. The molecule has 4 aromatic rings. The minimum absolute atomic E-state index is 0.00272. The number of carbonyl (C=O) groups excluding carboxylic acids is 2. The number of nitrogens with one attached hydrogen (secondary N) is 1. The Balaban J connectivity index is 1.82. The number of nitrogens with zero attached hydrogens (tertiary/aromatic N) is 2. The Bertz CT molecular complexity index is 1720. The van der Waals surface area contributed by atoms with Crippen molar-refractivity contribution in [2.75, 3.05) is 17.4 Å². The molecule has 7 nitrogen and oxygen atoms in total. The maximum atomic E-state index is 14.5. The van der Waals surface area contributed by atoms with Gasteiger partial charge in [-0.25, -0.2) is 8.42 Å². The zero-order valence-corrected chi connectivity index (χ0v) is 28.8. The number of aryl methyl sites for hydroxylation is 1. The smallest absolute Gasteiger partial charge is 0.264 e. The molecule has 0 fully saturated rings. The molecule has 0 saturated heterocycles. The normalized spacial score (nSPS) is 11.9. The Labute approximate surface area is 283 Å². The predicted octanol–water partition coefficient (Wildman–Crippen LogP) is 7.43. The van der Waals surface area contributed by atoms with Crippen molar-refractivity contribution in [3.05, 3.63) is 128 Å². The number of rotatable bonds is 13. The lowest BCUT2D eigenvalue weighted by Gasteiger charge is -2.34. The van der Waals surface area contributed by atoms with Crippen molar-refractivity contribution < 1.29 is 18.0 Å². The van der Waals surface area contributed by atoms with Crippen LogP contribution in [0.1, 0.15) is 30.0 Å². The number of carbonyl (C=O) groups is 2. The highest BCUT2D eigenvalue weighted by molar-refractivity contribution is 9.10. The highest BCUT2D eigenvalue weighted by atomic mass is 79.9. The van der Waals surface area contributed by atoms with Crippen molar-refractivity contribution in [1.82, 2.24) is 10.2 Å². The minimum Gasteiger partial charge on any atom is -0.354 e. The van der Waals surface area contributed by atoms with Crippen molar-refractivity contribution in [3.63, 3.8) is 0 Å². The number of halogens is 3. The molecule has 0 aliphatic heterocycles. The molecule has 11 heteroatoms. The van der Waals surface area contributed by atoms with E-state index in [0.717, 1.165) is 25.5 Å². The van der Waals surface area contributed by atoms with Gasteiger partial charge in [-0.05, 0) is 66.9 Å². The first-order valence-corrected chi connectivity index (χ1v) is 17.4. The molecular weight excluding hydrogens is 697 g/mol. The third-order valence-corrected chi connectivity index (χ3v) is 9.80. The van der Waals surface area contributed by atoms with E-state index in [0.29, 0.717) is 13.0 Å². The quantitative estimate of drug-likeness (QED) is 0.155. The maximum absolute atomic E-state index is 14.5. The third-order valence-electron chi connectivity index (χ3n) is 7.09. The van der Waals surface area contributed by atoms with Crippen LogP contribution in [0.25, 0.3) is 0 Å². The van der Waals surface area contributed by atoms with Crippen molar-refractivity contribution in [3.8, 4) is 0 Å². The van der Waals surface area contributed by atoms with Gasteiger partial charge in [-0.2, -0.15) is 0 Å². The van der Waals surface area contributed by atoms with Gasteiger partial charge in [0.1, 0.15) is 12.6 Å².